The highest BCUT2D eigenvalue weighted by Crippen LogP contribution is 2.29. The van der Waals surface area contributed by atoms with E-state index < -0.39 is 11.7 Å². The number of hydrogen-bond donors (Lipinski definition) is 2. The predicted octanol–water partition coefficient (Wildman–Crippen LogP) is 0.158. The van der Waals surface area contributed by atoms with Gasteiger partial charge < -0.3 is 4.90 Å². The zero-order chi connectivity index (χ0) is 14.0. The monoisotopic (exact) mass is 261 g/mol. The Labute approximate surface area is 110 Å². The number of aryl methyl sites for hydroxylation is 1. The van der Waals surface area contributed by atoms with Crippen molar-refractivity contribution in [3.63, 3.8) is 0 Å². The number of nitrogens with two attached hydrogens (primary N) is 1. The number of hydrogen-bond acceptors (Lipinski definition) is 4. The number of anilines is 1. The number of amides is 2. The van der Waals surface area contributed by atoms with Gasteiger partial charge in [0.05, 0.1) is 11.3 Å². The van der Waals surface area contributed by atoms with Crippen LogP contribution >= 0.6 is 0 Å². The summed E-state index contributed by atoms with van der Waals surface area (Å²) in [6.45, 7) is 2.12. The number of carbonyl (C=O) groups is 3. The first kappa shape index (κ1) is 13.2. The Hall–Kier alpha value is -2.21. The molecular formula is C13H15N3O3. The summed E-state index contributed by atoms with van der Waals surface area (Å²) in [5.41, 5.74) is 3.98. The molecule has 0 saturated heterocycles. The fraction of sp³-hybridized carbons (Fsp3) is 0.308. The SMILES string of the molecule is CCc1ccc2c(c1)C(=O)C(=O)N2CCC(=O)NN. The Morgan fingerprint density at radius 1 is 1.37 bits per heavy atom. The van der Waals surface area contributed by atoms with Crippen molar-refractivity contribution in [1.82, 2.24) is 5.43 Å². The predicted molar refractivity (Wildman–Crippen MR) is 69.5 cm³/mol. The standard InChI is InChI=1S/C13H15N3O3/c1-2-8-3-4-10-9(7-8)12(18)13(19)16(10)6-5-11(17)15-14/h3-4,7H,2,5-6,14H2,1H3,(H,15,17). The molecule has 0 saturated carbocycles. The number of hydrazine groups is 1. The van der Waals surface area contributed by atoms with Crippen LogP contribution in [0.2, 0.25) is 0 Å². The van der Waals surface area contributed by atoms with Crippen LogP contribution in [0.4, 0.5) is 5.69 Å². The van der Waals surface area contributed by atoms with E-state index in [0.717, 1.165) is 12.0 Å². The van der Waals surface area contributed by atoms with Crippen LogP contribution in [0.15, 0.2) is 18.2 Å². The van der Waals surface area contributed by atoms with Crippen molar-refractivity contribution in [2.24, 2.45) is 5.84 Å². The van der Waals surface area contributed by atoms with Gasteiger partial charge in [0.1, 0.15) is 0 Å². The molecule has 3 N–H and O–H groups in total. The average Bonchev–Trinajstić information content (AvgIpc) is 2.68. The Morgan fingerprint density at radius 2 is 2.11 bits per heavy atom. The number of nitrogens with zero attached hydrogens (tertiary/aromatic N) is 1. The highest BCUT2D eigenvalue weighted by atomic mass is 16.2. The van der Waals surface area contributed by atoms with Gasteiger partial charge in [-0.3, -0.25) is 19.8 Å². The molecule has 0 atom stereocenters. The molecule has 2 rings (SSSR count). The molecule has 0 radical (unpaired) electrons. The second kappa shape index (κ2) is 5.19. The second-order valence-corrected chi connectivity index (χ2v) is 4.31. The van der Waals surface area contributed by atoms with Gasteiger partial charge in [-0.25, -0.2) is 5.84 Å². The van der Waals surface area contributed by atoms with Crippen LogP contribution in [0.3, 0.4) is 0 Å². The average molecular weight is 261 g/mol. The molecular weight excluding hydrogens is 246 g/mol. The Balaban J connectivity index is 2.26. The fourth-order valence-electron chi connectivity index (χ4n) is 2.08. The molecule has 0 aromatic heterocycles. The van der Waals surface area contributed by atoms with E-state index in [0.29, 0.717) is 11.3 Å². The van der Waals surface area contributed by atoms with E-state index in [1.807, 2.05) is 18.4 Å². The lowest BCUT2D eigenvalue weighted by atomic mass is 10.1. The van der Waals surface area contributed by atoms with Gasteiger partial charge >= 0.3 is 0 Å². The van der Waals surface area contributed by atoms with E-state index in [9.17, 15) is 14.4 Å². The third kappa shape index (κ3) is 2.34. The van der Waals surface area contributed by atoms with E-state index >= 15 is 0 Å². The summed E-state index contributed by atoms with van der Waals surface area (Å²) in [5, 5.41) is 0. The molecule has 0 spiro atoms. The first-order valence-corrected chi connectivity index (χ1v) is 6.07. The topological polar surface area (TPSA) is 92.5 Å². The minimum absolute atomic E-state index is 0.0600. The largest absolute Gasteiger partial charge is 0.304 e. The third-order valence-corrected chi connectivity index (χ3v) is 3.17. The van der Waals surface area contributed by atoms with Gasteiger partial charge in [-0.05, 0) is 24.1 Å². The molecule has 1 aliphatic heterocycles. The van der Waals surface area contributed by atoms with E-state index in [-0.39, 0.29) is 18.9 Å². The maximum absolute atomic E-state index is 11.9. The summed E-state index contributed by atoms with van der Waals surface area (Å²) in [6, 6.07) is 5.36. The van der Waals surface area contributed by atoms with Crippen molar-refractivity contribution in [1.29, 1.82) is 0 Å². The molecule has 0 unspecified atom stereocenters. The molecule has 6 nitrogen and oxygen atoms in total. The zero-order valence-electron chi connectivity index (χ0n) is 10.6. The van der Waals surface area contributed by atoms with Gasteiger partial charge in [-0.2, -0.15) is 0 Å². The summed E-state index contributed by atoms with van der Waals surface area (Å²) >= 11 is 0. The molecule has 19 heavy (non-hydrogen) atoms. The lowest BCUT2D eigenvalue weighted by Gasteiger charge is -2.15. The van der Waals surface area contributed by atoms with Crippen LogP contribution in [-0.4, -0.2) is 24.1 Å². The lowest BCUT2D eigenvalue weighted by molar-refractivity contribution is -0.121. The maximum atomic E-state index is 11.9. The number of benzene rings is 1. The molecule has 1 aromatic carbocycles. The van der Waals surface area contributed by atoms with Crippen molar-refractivity contribution >= 4 is 23.3 Å². The highest BCUT2D eigenvalue weighted by molar-refractivity contribution is 6.52. The summed E-state index contributed by atoms with van der Waals surface area (Å²) < 4.78 is 0. The van der Waals surface area contributed by atoms with Crippen molar-refractivity contribution in [2.45, 2.75) is 19.8 Å². The minimum Gasteiger partial charge on any atom is -0.304 e. The van der Waals surface area contributed by atoms with Gasteiger partial charge in [0.15, 0.2) is 0 Å². The van der Waals surface area contributed by atoms with E-state index in [1.165, 1.54) is 4.90 Å². The Bertz CT molecular complexity index is 554. The number of ketones is 1. The molecule has 1 aromatic rings. The van der Waals surface area contributed by atoms with Gasteiger partial charge in [0.2, 0.25) is 5.91 Å². The van der Waals surface area contributed by atoms with Crippen LogP contribution < -0.4 is 16.2 Å². The van der Waals surface area contributed by atoms with Crippen LogP contribution in [-0.2, 0) is 16.0 Å². The van der Waals surface area contributed by atoms with E-state index in [1.54, 1.807) is 12.1 Å². The first-order chi connectivity index (χ1) is 9.08. The number of rotatable bonds is 4. The van der Waals surface area contributed by atoms with Crippen LogP contribution in [0, 0.1) is 0 Å². The highest BCUT2D eigenvalue weighted by Gasteiger charge is 2.35. The summed E-state index contributed by atoms with van der Waals surface area (Å²) in [4.78, 5) is 36.2. The summed E-state index contributed by atoms with van der Waals surface area (Å²) in [7, 11) is 0. The number of Topliss-reactive ketones (excluding diaryl/α,β-unsaturated/α-hetero) is 1. The van der Waals surface area contributed by atoms with E-state index in [4.69, 9.17) is 5.84 Å². The zero-order valence-corrected chi connectivity index (χ0v) is 10.6. The number of fused-ring (bicyclic) bond motifs is 1. The Morgan fingerprint density at radius 3 is 2.74 bits per heavy atom. The fourth-order valence-corrected chi connectivity index (χ4v) is 2.08. The summed E-state index contributed by atoms with van der Waals surface area (Å²) in [5.74, 6) is 3.50. The molecule has 0 bridgehead atoms. The minimum atomic E-state index is -0.590. The molecule has 1 aliphatic rings. The molecule has 1 heterocycles. The molecule has 2 amide bonds. The number of carbonyl (C=O) groups excluding carboxylic acids is 3. The smallest absolute Gasteiger partial charge is 0.299 e. The summed E-state index contributed by atoms with van der Waals surface area (Å²) in [6.07, 6.45) is 0.856. The maximum Gasteiger partial charge on any atom is 0.299 e. The second-order valence-electron chi connectivity index (χ2n) is 4.31. The van der Waals surface area contributed by atoms with Crippen molar-refractivity contribution < 1.29 is 14.4 Å². The van der Waals surface area contributed by atoms with Gasteiger partial charge in [0.25, 0.3) is 11.7 Å². The van der Waals surface area contributed by atoms with Gasteiger partial charge in [0, 0.05) is 13.0 Å². The van der Waals surface area contributed by atoms with Gasteiger partial charge in [-0.1, -0.05) is 13.0 Å². The Kier molecular flexibility index (Phi) is 3.62. The third-order valence-electron chi connectivity index (χ3n) is 3.17. The lowest BCUT2D eigenvalue weighted by Crippen LogP contribution is -2.36. The van der Waals surface area contributed by atoms with Gasteiger partial charge in [-0.15, -0.1) is 0 Å². The molecule has 6 heteroatoms. The van der Waals surface area contributed by atoms with Crippen LogP contribution in [0.25, 0.3) is 0 Å². The van der Waals surface area contributed by atoms with Crippen molar-refractivity contribution in [3.05, 3.63) is 29.3 Å². The van der Waals surface area contributed by atoms with Crippen LogP contribution in [0.1, 0.15) is 29.3 Å². The normalized spacial score (nSPS) is 13.7. The quantitative estimate of drug-likeness (QED) is 0.349. The first-order valence-electron chi connectivity index (χ1n) is 6.07. The number of nitrogens with one attached hydrogen (secondary N) is 1. The van der Waals surface area contributed by atoms with E-state index in [2.05, 4.69) is 0 Å². The molecule has 100 valence electrons. The van der Waals surface area contributed by atoms with Crippen molar-refractivity contribution in [3.8, 4) is 0 Å². The molecule has 0 fully saturated rings. The van der Waals surface area contributed by atoms with Crippen molar-refractivity contribution in [2.75, 3.05) is 11.4 Å². The van der Waals surface area contributed by atoms with Crippen LogP contribution in [0.5, 0.6) is 0 Å². The molecule has 0 aliphatic carbocycles.